The van der Waals surface area contributed by atoms with Crippen molar-refractivity contribution in [1.29, 1.82) is 0 Å². The van der Waals surface area contributed by atoms with E-state index in [1.807, 2.05) is 13.0 Å². The first kappa shape index (κ1) is 15.4. The van der Waals surface area contributed by atoms with Gasteiger partial charge < -0.3 is 23.7 Å². The smallest absolute Gasteiger partial charge is 0.336 e. The third-order valence-electron chi connectivity index (χ3n) is 4.22. The van der Waals surface area contributed by atoms with Crippen LogP contribution in [0.1, 0.15) is 18.6 Å². The fourth-order valence-electron chi connectivity index (χ4n) is 2.98. The van der Waals surface area contributed by atoms with E-state index < -0.39 is 11.7 Å². The fraction of sp³-hybridized carbons (Fsp3) is 0.211. The number of phenols is 1. The van der Waals surface area contributed by atoms with E-state index >= 15 is 0 Å². The number of fused-ring (bicyclic) bond motifs is 3. The predicted molar refractivity (Wildman–Crippen MR) is 90.6 cm³/mol. The second-order valence-electron chi connectivity index (χ2n) is 5.86. The minimum atomic E-state index is -0.442. The highest BCUT2D eigenvalue weighted by Crippen LogP contribution is 2.44. The molecule has 0 radical (unpaired) electrons. The normalized spacial score (nSPS) is 19.0. The van der Waals surface area contributed by atoms with Crippen LogP contribution in [0.3, 0.4) is 0 Å². The molecule has 3 aromatic rings. The molecule has 1 aliphatic heterocycles. The highest BCUT2D eigenvalue weighted by Gasteiger charge is 2.32. The summed E-state index contributed by atoms with van der Waals surface area (Å²) in [5.74, 6) is 1.34. The van der Waals surface area contributed by atoms with Crippen LogP contribution >= 0.6 is 0 Å². The molecule has 2 aromatic carbocycles. The monoisotopic (exact) mass is 340 g/mol. The largest absolute Gasteiger partial charge is 0.504 e. The molecule has 0 saturated carbocycles. The van der Waals surface area contributed by atoms with Crippen LogP contribution in [0.25, 0.3) is 11.0 Å². The zero-order valence-corrected chi connectivity index (χ0v) is 13.7. The number of ether oxygens (including phenoxy) is 3. The standard InChI is InChI=1S/C19H16O6/c1-10-17(12-3-6-13(20)15(9-12)22-2)24-14-7-4-11-5-8-16(21)25-18(11)19(14)23-10/h3-10,17,20H,1-2H3. The molecule has 6 heteroatoms. The van der Waals surface area contributed by atoms with Crippen LogP contribution in [-0.4, -0.2) is 18.3 Å². The molecule has 0 aliphatic carbocycles. The molecule has 1 aromatic heterocycles. The summed E-state index contributed by atoms with van der Waals surface area (Å²) in [5, 5.41) is 10.5. The quantitative estimate of drug-likeness (QED) is 0.720. The average Bonchev–Trinajstić information content (AvgIpc) is 2.62. The Labute approximate surface area is 143 Å². The van der Waals surface area contributed by atoms with Crippen LogP contribution in [0.4, 0.5) is 0 Å². The first-order chi connectivity index (χ1) is 12.1. The van der Waals surface area contributed by atoms with E-state index in [1.165, 1.54) is 13.2 Å². The Hall–Kier alpha value is -3.15. The summed E-state index contributed by atoms with van der Waals surface area (Å²) in [6, 6.07) is 11.7. The van der Waals surface area contributed by atoms with E-state index in [9.17, 15) is 9.90 Å². The van der Waals surface area contributed by atoms with Gasteiger partial charge in [-0.05, 0) is 37.3 Å². The summed E-state index contributed by atoms with van der Waals surface area (Å²) in [6.07, 6.45) is -0.729. The topological polar surface area (TPSA) is 78.1 Å². The van der Waals surface area contributed by atoms with Gasteiger partial charge in [-0.3, -0.25) is 0 Å². The number of rotatable bonds is 2. The molecule has 128 valence electrons. The van der Waals surface area contributed by atoms with E-state index in [0.717, 1.165) is 10.9 Å². The Morgan fingerprint density at radius 3 is 2.68 bits per heavy atom. The van der Waals surface area contributed by atoms with Crippen molar-refractivity contribution in [2.24, 2.45) is 0 Å². The van der Waals surface area contributed by atoms with Gasteiger partial charge in [-0.25, -0.2) is 4.79 Å². The lowest BCUT2D eigenvalue weighted by atomic mass is 10.0. The molecule has 1 N–H and O–H groups in total. The average molecular weight is 340 g/mol. The third kappa shape index (κ3) is 2.55. The van der Waals surface area contributed by atoms with Crippen LogP contribution in [0.2, 0.25) is 0 Å². The van der Waals surface area contributed by atoms with Crippen LogP contribution < -0.4 is 19.8 Å². The van der Waals surface area contributed by atoms with Gasteiger partial charge in [-0.15, -0.1) is 0 Å². The fourth-order valence-corrected chi connectivity index (χ4v) is 2.98. The summed E-state index contributed by atoms with van der Waals surface area (Å²) in [5.41, 5.74) is 0.739. The molecule has 0 fully saturated rings. The Bertz CT molecular complexity index is 1010. The summed E-state index contributed by atoms with van der Waals surface area (Å²) < 4.78 is 22.5. The molecule has 0 saturated heterocycles. The summed E-state index contributed by atoms with van der Waals surface area (Å²) in [6.45, 7) is 1.87. The maximum absolute atomic E-state index is 11.5. The zero-order valence-electron chi connectivity index (χ0n) is 13.7. The molecule has 1 aliphatic rings. The molecule has 0 bridgehead atoms. The van der Waals surface area contributed by atoms with E-state index in [4.69, 9.17) is 18.6 Å². The molecule has 4 rings (SSSR count). The lowest BCUT2D eigenvalue weighted by Gasteiger charge is -2.32. The van der Waals surface area contributed by atoms with Crippen LogP contribution in [-0.2, 0) is 0 Å². The first-order valence-corrected chi connectivity index (χ1v) is 7.84. The molecule has 2 unspecified atom stereocenters. The van der Waals surface area contributed by atoms with Crippen molar-refractivity contribution in [3.8, 4) is 23.0 Å². The van der Waals surface area contributed by atoms with Gasteiger partial charge in [0.2, 0.25) is 5.75 Å². The van der Waals surface area contributed by atoms with Crippen LogP contribution in [0, 0.1) is 0 Å². The Morgan fingerprint density at radius 1 is 1.08 bits per heavy atom. The van der Waals surface area contributed by atoms with Crippen molar-refractivity contribution in [2.75, 3.05) is 7.11 Å². The number of hydrogen-bond acceptors (Lipinski definition) is 6. The summed E-state index contributed by atoms with van der Waals surface area (Å²) in [7, 11) is 1.49. The maximum Gasteiger partial charge on any atom is 0.336 e. The van der Waals surface area contributed by atoms with Gasteiger partial charge >= 0.3 is 5.63 Å². The van der Waals surface area contributed by atoms with Gasteiger partial charge in [0, 0.05) is 17.0 Å². The lowest BCUT2D eigenvalue weighted by molar-refractivity contribution is 0.0310. The van der Waals surface area contributed by atoms with Crippen molar-refractivity contribution < 1.29 is 23.7 Å². The molecular weight excluding hydrogens is 324 g/mol. The number of hydrogen-bond donors (Lipinski definition) is 1. The SMILES string of the molecule is COc1cc(C2Oc3ccc4ccc(=O)oc4c3OC2C)ccc1O. The van der Waals surface area contributed by atoms with Gasteiger partial charge in [0.15, 0.2) is 28.9 Å². The Kier molecular flexibility index (Phi) is 3.53. The molecule has 0 spiro atoms. The summed E-state index contributed by atoms with van der Waals surface area (Å²) >= 11 is 0. The second-order valence-corrected chi connectivity index (χ2v) is 5.86. The van der Waals surface area contributed by atoms with Gasteiger partial charge in [0.05, 0.1) is 7.11 Å². The number of phenolic OH excluding ortho intramolecular Hbond substituents is 1. The molecular formula is C19H16O6. The van der Waals surface area contributed by atoms with E-state index in [0.29, 0.717) is 22.8 Å². The van der Waals surface area contributed by atoms with Crippen molar-refractivity contribution >= 4 is 11.0 Å². The maximum atomic E-state index is 11.5. The van der Waals surface area contributed by atoms with Crippen molar-refractivity contribution in [2.45, 2.75) is 19.1 Å². The lowest BCUT2D eigenvalue weighted by Crippen LogP contribution is -2.30. The molecule has 25 heavy (non-hydrogen) atoms. The van der Waals surface area contributed by atoms with Crippen molar-refractivity contribution in [3.05, 3.63) is 58.4 Å². The van der Waals surface area contributed by atoms with Gasteiger partial charge in [-0.1, -0.05) is 6.07 Å². The van der Waals surface area contributed by atoms with E-state index in [-0.39, 0.29) is 11.9 Å². The molecule has 2 heterocycles. The molecule has 0 amide bonds. The minimum Gasteiger partial charge on any atom is -0.504 e. The molecule has 6 nitrogen and oxygen atoms in total. The molecule has 2 atom stereocenters. The predicted octanol–water partition coefficient (Wildman–Crippen LogP) is 3.41. The van der Waals surface area contributed by atoms with Gasteiger partial charge in [-0.2, -0.15) is 0 Å². The highest BCUT2D eigenvalue weighted by atomic mass is 16.6. The van der Waals surface area contributed by atoms with Crippen LogP contribution in [0.15, 0.2) is 51.7 Å². The van der Waals surface area contributed by atoms with Crippen molar-refractivity contribution in [1.82, 2.24) is 0 Å². The number of methoxy groups -OCH3 is 1. The van der Waals surface area contributed by atoms with Crippen molar-refractivity contribution in [3.63, 3.8) is 0 Å². The highest BCUT2D eigenvalue weighted by molar-refractivity contribution is 5.85. The van der Waals surface area contributed by atoms with E-state index in [2.05, 4.69) is 0 Å². The minimum absolute atomic E-state index is 0.0591. The Balaban J connectivity index is 1.78. The van der Waals surface area contributed by atoms with E-state index in [1.54, 1.807) is 30.3 Å². The second kappa shape index (κ2) is 5.73. The van der Waals surface area contributed by atoms with Crippen LogP contribution in [0.5, 0.6) is 23.0 Å². The zero-order chi connectivity index (χ0) is 17.6. The Morgan fingerprint density at radius 2 is 1.88 bits per heavy atom. The number of benzene rings is 2. The van der Waals surface area contributed by atoms with Gasteiger partial charge in [0.1, 0.15) is 6.10 Å². The van der Waals surface area contributed by atoms with Gasteiger partial charge in [0.25, 0.3) is 0 Å². The number of aromatic hydroxyl groups is 1. The summed E-state index contributed by atoms with van der Waals surface area (Å²) in [4.78, 5) is 11.5. The first-order valence-electron chi connectivity index (χ1n) is 7.84. The third-order valence-corrected chi connectivity index (χ3v) is 4.22.